The van der Waals surface area contributed by atoms with Crippen molar-refractivity contribution < 1.29 is 4.79 Å². The lowest BCUT2D eigenvalue weighted by Gasteiger charge is -2.50. The molecule has 2 saturated carbocycles. The van der Waals surface area contributed by atoms with Crippen LogP contribution in [-0.2, 0) is 0 Å². The number of amides is 1. The van der Waals surface area contributed by atoms with Crippen LogP contribution in [0.1, 0.15) is 87.4 Å². The molecule has 2 aliphatic heterocycles. The van der Waals surface area contributed by atoms with E-state index >= 15 is 0 Å². The van der Waals surface area contributed by atoms with Crippen LogP contribution in [0.25, 0.3) is 0 Å². The van der Waals surface area contributed by atoms with Crippen LogP contribution >= 0.6 is 0 Å². The van der Waals surface area contributed by atoms with Gasteiger partial charge in [0, 0.05) is 36.9 Å². The molecule has 4 aliphatic rings. The molecule has 4 nitrogen and oxygen atoms in total. The van der Waals surface area contributed by atoms with Gasteiger partial charge >= 0.3 is 0 Å². The van der Waals surface area contributed by atoms with Crippen molar-refractivity contribution in [2.45, 2.75) is 83.1 Å². The first-order valence-electron chi connectivity index (χ1n) is 13.1. The third kappa shape index (κ3) is 4.94. The normalized spacial score (nSPS) is 25.4. The maximum absolute atomic E-state index is 12.5. The number of carbonyl (C=O) groups excluding carboxylic acids is 1. The zero-order chi connectivity index (χ0) is 21.1. The fourth-order valence-corrected chi connectivity index (χ4v) is 6.41. The van der Waals surface area contributed by atoms with E-state index in [4.69, 9.17) is 0 Å². The van der Waals surface area contributed by atoms with E-state index in [-0.39, 0.29) is 5.91 Å². The Kier molecular flexibility index (Phi) is 6.54. The minimum absolute atomic E-state index is 0.0907. The lowest BCUT2D eigenvalue weighted by Crippen LogP contribution is -2.50. The second-order valence-corrected chi connectivity index (χ2v) is 10.9. The van der Waals surface area contributed by atoms with Crippen molar-refractivity contribution in [2.75, 3.05) is 37.6 Å². The Labute approximate surface area is 188 Å². The minimum atomic E-state index is 0.0907. The number of anilines is 1. The molecule has 4 fully saturated rings. The standard InChI is InChI=1S/C27H41N3O/c31-26(28-21-22-5-2-1-3-6-22)23-9-11-25(12-10-23)30-19-15-27(16-20-30)13-17-29(18-14-27)24-7-4-8-24/h9-12,22,24H,1-8,13-21H2,(H,28,31). The van der Waals surface area contributed by atoms with E-state index in [0.717, 1.165) is 31.2 Å². The molecule has 0 unspecified atom stereocenters. The Balaban J connectivity index is 1.09. The van der Waals surface area contributed by atoms with Crippen molar-refractivity contribution in [1.82, 2.24) is 10.2 Å². The lowest BCUT2D eigenvalue weighted by molar-refractivity contribution is 0.0306. The number of piperidine rings is 2. The van der Waals surface area contributed by atoms with E-state index in [1.54, 1.807) is 0 Å². The van der Waals surface area contributed by atoms with Crippen LogP contribution in [0.5, 0.6) is 0 Å². The molecule has 2 heterocycles. The molecule has 4 heteroatoms. The fraction of sp³-hybridized carbons (Fsp3) is 0.741. The van der Waals surface area contributed by atoms with Gasteiger partial charge in [0.1, 0.15) is 0 Å². The average molecular weight is 424 g/mol. The number of carbonyl (C=O) groups is 1. The van der Waals surface area contributed by atoms with E-state index in [0.29, 0.717) is 11.3 Å². The molecule has 1 N–H and O–H groups in total. The molecular formula is C27H41N3O. The van der Waals surface area contributed by atoms with E-state index < -0.39 is 0 Å². The number of rotatable bonds is 5. The molecule has 2 saturated heterocycles. The van der Waals surface area contributed by atoms with Crippen molar-refractivity contribution in [3.05, 3.63) is 29.8 Å². The van der Waals surface area contributed by atoms with Crippen LogP contribution in [0, 0.1) is 11.3 Å². The summed E-state index contributed by atoms with van der Waals surface area (Å²) >= 11 is 0. The SMILES string of the molecule is O=C(NCC1CCCCC1)c1ccc(N2CCC3(CC2)CCN(C2CCC2)CC3)cc1. The monoisotopic (exact) mass is 423 g/mol. The molecule has 1 amide bonds. The quantitative estimate of drug-likeness (QED) is 0.704. The molecule has 170 valence electrons. The van der Waals surface area contributed by atoms with Crippen LogP contribution in [0.2, 0.25) is 0 Å². The molecule has 5 rings (SSSR count). The maximum Gasteiger partial charge on any atom is 0.251 e. The summed E-state index contributed by atoms with van der Waals surface area (Å²) in [6.07, 6.45) is 16.3. The lowest BCUT2D eigenvalue weighted by atomic mass is 9.70. The Morgan fingerprint density at radius 2 is 1.48 bits per heavy atom. The van der Waals surface area contributed by atoms with Crippen molar-refractivity contribution in [3.8, 4) is 0 Å². The number of hydrogen-bond acceptors (Lipinski definition) is 3. The first-order chi connectivity index (χ1) is 15.2. The van der Waals surface area contributed by atoms with Crippen LogP contribution in [0.4, 0.5) is 5.69 Å². The second kappa shape index (κ2) is 9.52. The third-order valence-corrected chi connectivity index (χ3v) is 9.04. The van der Waals surface area contributed by atoms with Crippen molar-refractivity contribution >= 4 is 11.6 Å². The van der Waals surface area contributed by atoms with Crippen LogP contribution in [0.15, 0.2) is 24.3 Å². The molecule has 1 spiro atoms. The third-order valence-electron chi connectivity index (χ3n) is 9.04. The molecule has 2 aliphatic carbocycles. The highest BCUT2D eigenvalue weighted by Crippen LogP contribution is 2.43. The predicted molar refractivity (Wildman–Crippen MR) is 128 cm³/mol. The fourth-order valence-electron chi connectivity index (χ4n) is 6.41. The topological polar surface area (TPSA) is 35.6 Å². The number of benzene rings is 1. The highest BCUT2D eigenvalue weighted by atomic mass is 16.1. The maximum atomic E-state index is 12.5. The Hall–Kier alpha value is -1.55. The number of nitrogens with zero attached hydrogens (tertiary/aromatic N) is 2. The Morgan fingerprint density at radius 1 is 0.839 bits per heavy atom. The van der Waals surface area contributed by atoms with Gasteiger partial charge in [-0.15, -0.1) is 0 Å². The van der Waals surface area contributed by atoms with Gasteiger partial charge in [-0.25, -0.2) is 0 Å². The van der Waals surface area contributed by atoms with Crippen LogP contribution in [0.3, 0.4) is 0 Å². The van der Waals surface area contributed by atoms with Crippen molar-refractivity contribution in [3.63, 3.8) is 0 Å². The van der Waals surface area contributed by atoms with Gasteiger partial charge in [0.15, 0.2) is 0 Å². The van der Waals surface area contributed by atoms with Gasteiger partial charge in [-0.05, 0) is 100 Å². The van der Waals surface area contributed by atoms with E-state index in [1.165, 1.54) is 95.8 Å². The van der Waals surface area contributed by atoms with Gasteiger partial charge in [-0.2, -0.15) is 0 Å². The van der Waals surface area contributed by atoms with Crippen molar-refractivity contribution in [1.29, 1.82) is 0 Å². The summed E-state index contributed by atoms with van der Waals surface area (Å²) in [5.41, 5.74) is 2.68. The second-order valence-electron chi connectivity index (χ2n) is 10.9. The molecule has 0 atom stereocenters. The molecule has 0 radical (unpaired) electrons. The summed E-state index contributed by atoms with van der Waals surface area (Å²) in [5, 5.41) is 3.17. The van der Waals surface area contributed by atoms with Crippen LogP contribution < -0.4 is 10.2 Å². The molecule has 1 aromatic carbocycles. The largest absolute Gasteiger partial charge is 0.371 e. The number of hydrogen-bond donors (Lipinski definition) is 1. The van der Waals surface area contributed by atoms with Gasteiger partial charge in [-0.1, -0.05) is 25.7 Å². The number of nitrogens with one attached hydrogen (secondary N) is 1. The molecule has 1 aromatic rings. The summed E-state index contributed by atoms with van der Waals surface area (Å²) in [5.74, 6) is 0.770. The molecule has 31 heavy (non-hydrogen) atoms. The first-order valence-corrected chi connectivity index (χ1v) is 13.1. The zero-order valence-electron chi connectivity index (χ0n) is 19.3. The van der Waals surface area contributed by atoms with E-state index in [9.17, 15) is 4.79 Å². The first kappa shape index (κ1) is 21.3. The van der Waals surface area contributed by atoms with Crippen molar-refractivity contribution in [2.24, 2.45) is 11.3 Å². The highest BCUT2D eigenvalue weighted by molar-refractivity contribution is 5.94. The summed E-state index contributed by atoms with van der Waals surface area (Å²) in [4.78, 5) is 17.9. The summed E-state index contributed by atoms with van der Waals surface area (Å²) < 4.78 is 0. The van der Waals surface area contributed by atoms with Gasteiger partial charge < -0.3 is 15.1 Å². The Morgan fingerprint density at radius 3 is 2.10 bits per heavy atom. The number of likely N-dealkylation sites (tertiary alicyclic amines) is 1. The summed E-state index contributed by atoms with van der Waals surface area (Å²) in [6.45, 7) is 5.82. The van der Waals surface area contributed by atoms with Gasteiger partial charge in [0.2, 0.25) is 0 Å². The molecular weight excluding hydrogens is 382 g/mol. The van der Waals surface area contributed by atoms with E-state index in [2.05, 4.69) is 27.2 Å². The summed E-state index contributed by atoms with van der Waals surface area (Å²) in [7, 11) is 0. The highest BCUT2D eigenvalue weighted by Gasteiger charge is 2.39. The van der Waals surface area contributed by atoms with E-state index in [1.807, 2.05) is 12.1 Å². The zero-order valence-corrected chi connectivity index (χ0v) is 19.3. The summed E-state index contributed by atoms with van der Waals surface area (Å²) in [6, 6.07) is 9.27. The average Bonchev–Trinajstić information content (AvgIpc) is 2.79. The smallest absolute Gasteiger partial charge is 0.251 e. The van der Waals surface area contributed by atoms with Crippen LogP contribution in [-0.4, -0.2) is 49.6 Å². The van der Waals surface area contributed by atoms with Gasteiger partial charge in [-0.3, -0.25) is 4.79 Å². The molecule has 0 bridgehead atoms. The molecule has 0 aromatic heterocycles. The minimum Gasteiger partial charge on any atom is -0.371 e. The van der Waals surface area contributed by atoms with Gasteiger partial charge in [0.05, 0.1) is 0 Å². The van der Waals surface area contributed by atoms with Gasteiger partial charge in [0.25, 0.3) is 5.91 Å². The Bertz CT molecular complexity index is 717. The predicted octanol–water partition coefficient (Wildman–Crippen LogP) is 5.23.